The lowest BCUT2D eigenvalue weighted by Crippen LogP contribution is -2.41. The van der Waals surface area contributed by atoms with Crippen LogP contribution in [0.4, 0.5) is 8.78 Å². The molecule has 1 aromatic carbocycles. The Kier molecular flexibility index (Phi) is 7.97. The van der Waals surface area contributed by atoms with E-state index in [1.165, 1.54) is 6.07 Å². The number of carbonyl (C=O) groups excluding carboxylic acids is 1. The first-order valence-corrected chi connectivity index (χ1v) is 10.6. The molecule has 1 atom stereocenters. The van der Waals surface area contributed by atoms with Gasteiger partial charge < -0.3 is 20.7 Å². The van der Waals surface area contributed by atoms with Gasteiger partial charge in [0.15, 0.2) is 15.8 Å². The second kappa shape index (κ2) is 10.2. The van der Waals surface area contributed by atoms with Crippen LogP contribution in [0.1, 0.15) is 18.4 Å². The highest BCUT2D eigenvalue weighted by molar-refractivity contribution is 7.91. The molecular formula is C17H24F2N4O4S. The predicted octanol–water partition coefficient (Wildman–Crippen LogP) is 0.646. The Labute approximate surface area is 162 Å². The van der Waals surface area contributed by atoms with Gasteiger partial charge in [-0.15, -0.1) is 0 Å². The number of nitrogens with one attached hydrogen (secondary N) is 3. The highest BCUT2D eigenvalue weighted by Gasteiger charge is 2.28. The number of carbonyl (C=O) groups is 1. The number of alkyl halides is 2. The number of benzene rings is 1. The van der Waals surface area contributed by atoms with E-state index in [9.17, 15) is 22.0 Å². The number of hydrogen-bond donors (Lipinski definition) is 3. The molecule has 0 aliphatic carbocycles. The summed E-state index contributed by atoms with van der Waals surface area (Å²) in [5.74, 6) is 0.300. The Hall–Kier alpha value is -2.43. The third kappa shape index (κ3) is 7.29. The smallest absolute Gasteiger partial charge is 0.387 e. The van der Waals surface area contributed by atoms with Crippen LogP contribution in [-0.2, 0) is 21.2 Å². The molecule has 1 aromatic rings. The summed E-state index contributed by atoms with van der Waals surface area (Å²) in [4.78, 5) is 15.9. The number of guanidine groups is 1. The van der Waals surface area contributed by atoms with Crippen molar-refractivity contribution in [2.24, 2.45) is 4.99 Å². The molecule has 3 N–H and O–H groups in total. The molecular weight excluding hydrogens is 394 g/mol. The molecule has 0 saturated carbocycles. The molecule has 28 heavy (non-hydrogen) atoms. The summed E-state index contributed by atoms with van der Waals surface area (Å²) < 4.78 is 52.2. The van der Waals surface area contributed by atoms with Crippen molar-refractivity contribution >= 4 is 21.7 Å². The Bertz CT molecular complexity index is 802. The molecule has 2 rings (SSSR count). The van der Waals surface area contributed by atoms with Crippen molar-refractivity contribution in [2.75, 3.05) is 25.1 Å². The van der Waals surface area contributed by atoms with Crippen molar-refractivity contribution in [1.82, 2.24) is 16.0 Å². The molecule has 1 saturated heterocycles. The van der Waals surface area contributed by atoms with Crippen LogP contribution in [0.25, 0.3) is 0 Å². The number of rotatable bonds is 8. The third-order valence-corrected chi connectivity index (χ3v) is 5.87. The van der Waals surface area contributed by atoms with Gasteiger partial charge in [-0.25, -0.2) is 8.42 Å². The third-order valence-electron chi connectivity index (χ3n) is 4.10. The fourth-order valence-electron chi connectivity index (χ4n) is 2.76. The number of sulfone groups is 1. The van der Waals surface area contributed by atoms with Crippen LogP contribution in [0.3, 0.4) is 0 Å². The molecule has 1 fully saturated rings. The van der Waals surface area contributed by atoms with Crippen LogP contribution in [0.15, 0.2) is 29.3 Å². The highest BCUT2D eigenvalue weighted by Crippen LogP contribution is 2.19. The molecule has 0 aromatic heterocycles. The molecule has 0 radical (unpaired) electrons. The van der Waals surface area contributed by atoms with E-state index in [2.05, 4.69) is 25.7 Å². The first-order chi connectivity index (χ1) is 13.3. The quantitative estimate of drug-likeness (QED) is 0.423. The van der Waals surface area contributed by atoms with Gasteiger partial charge in [-0.3, -0.25) is 9.79 Å². The average molecular weight is 418 g/mol. The van der Waals surface area contributed by atoms with Gasteiger partial charge in [-0.2, -0.15) is 8.78 Å². The molecule has 1 aliphatic rings. The van der Waals surface area contributed by atoms with Gasteiger partial charge >= 0.3 is 6.61 Å². The SMILES string of the molecule is CN=C(NCCC(=O)NC1CCS(=O)(=O)C1)NCc1ccccc1OC(F)F. The number of nitrogens with zero attached hydrogens (tertiary/aromatic N) is 1. The summed E-state index contributed by atoms with van der Waals surface area (Å²) >= 11 is 0. The minimum absolute atomic E-state index is 0.0184. The Morgan fingerprint density at radius 3 is 2.71 bits per heavy atom. The lowest BCUT2D eigenvalue weighted by atomic mass is 10.2. The first kappa shape index (κ1) is 21.9. The number of ether oxygens (including phenoxy) is 1. The van der Waals surface area contributed by atoms with Gasteiger partial charge in [0.25, 0.3) is 0 Å². The second-order valence-corrected chi connectivity index (χ2v) is 8.48. The largest absolute Gasteiger partial charge is 0.434 e. The second-order valence-electron chi connectivity index (χ2n) is 6.26. The van der Waals surface area contributed by atoms with Crippen LogP contribution in [0.5, 0.6) is 5.75 Å². The maximum Gasteiger partial charge on any atom is 0.387 e. The van der Waals surface area contributed by atoms with E-state index < -0.39 is 16.4 Å². The fourth-order valence-corrected chi connectivity index (χ4v) is 4.44. The first-order valence-electron chi connectivity index (χ1n) is 8.76. The van der Waals surface area contributed by atoms with Crippen LogP contribution in [-0.4, -0.2) is 58.0 Å². The zero-order valence-electron chi connectivity index (χ0n) is 15.5. The van der Waals surface area contributed by atoms with E-state index >= 15 is 0 Å². The molecule has 0 spiro atoms. The minimum Gasteiger partial charge on any atom is -0.434 e. The number of aliphatic imine (C=N–C) groups is 1. The van der Waals surface area contributed by atoms with Gasteiger partial charge in [0.2, 0.25) is 5.91 Å². The summed E-state index contributed by atoms with van der Waals surface area (Å²) in [5.41, 5.74) is 0.533. The van der Waals surface area contributed by atoms with Crippen molar-refractivity contribution in [3.8, 4) is 5.75 Å². The number of para-hydroxylation sites is 1. The Morgan fingerprint density at radius 1 is 1.32 bits per heavy atom. The fraction of sp³-hybridized carbons (Fsp3) is 0.529. The monoisotopic (exact) mass is 418 g/mol. The van der Waals surface area contributed by atoms with Crippen molar-refractivity contribution in [3.63, 3.8) is 0 Å². The van der Waals surface area contributed by atoms with E-state index in [4.69, 9.17) is 0 Å². The molecule has 0 bridgehead atoms. The van der Waals surface area contributed by atoms with Gasteiger partial charge in [0.05, 0.1) is 11.5 Å². The minimum atomic E-state index is -3.04. The van der Waals surface area contributed by atoms with Crippen LogP contribution >= 0.6 is 0 Å². The lowest BCUT2D eigenvalue weighted by molar-refractivity contribution is -0.121. The Morgan fingerprint density at radius 2 is 2.07 bits per heavy atom. The number of halogens is 2. The standard InChI is InChI=1S/C17H24F2N4O4S/c1-20-17(22-10-12-4-2-3-5-14(12)27-16(18)19)21-8-6-15(24)23-13-7-9-28(25,26)11-13/h2-5,13,16H,6-11H2,1H3,(H,23,24)(H2,20,21,22). The van der Waals surface area contributed by atoms with Gasteiger partial charge in [0.1, 0.15) is 5.75 Å². The zero-order chi connectivity index (χ0) is 20.6. The van der Waals surface area contributed by atoms with Gasteiger partial charge in [-0.05, 0) is 12.5 Å². The maximum absolute atomic E-state index is 12.4. The lowest BCUT2D eigenvalue weighted by Gasteiger charge is -2.15. The van der Waals surface area contributed by atoms with Crippen molar-refractivity contribution in [2.45, 2.75) is 32.0 Å². The summed E-state index contributed by atoms with van der Waals surface area (Å²) in [6.07, 6.45) is 0.577. The number of hydrogen-bond acceptors (Lipinski definition) is 5. The normalized spacial score (nSPS) is 18.7. The van der Waals surface area contributed by atoms with Crippen LogP contribution in [0.2, 0.25) is 0 Å². The van der Waals surface area contributed by atoms with E-state index in [1.807, 2.05) is 0 Å². The van der Waals surface area contributed by atoms with E-state index in [0.29, 0.717) is 17.9 Å². The number of amides is 1. The Balaban J connectivity index is 1.74. The molecule has 8 nitrogen and oxygen atoms in total. The highest BCUT2D eigenvalue weighted by atomic mass is 32.2. The van der Waals surface area contributed by atoms with E-state index in [1.54, 1.807) is 25.2 Å². The van der Waals surface area contributed by atoms with Crippen LogP contribution in [0, 0.1) is 0 Å². The molecule has 1 unspecified atom stereocenters. The summed E-state index contributed by atoms with van der Waals surface area (Å²) in [6, 6.07) is 6.08. The summed E-state index contributed by atoms with van der Waals surface area (Å²) in [6.45, 7) is -2.43. The molecule has 1 aliphatic heterocycles. The summed E-state index contributed by atoms with van der Waals surface area (Å²) in [5, 5.41) is 8.61. The topological polar surface area (TPSA) is 109 Å². The maximum atomic E-state index is 12.4. The van der Waals surface area contributed by atoms with Gasteiger partial charge in [0, 0.05) is 38.2 Å². The van der Waals surface area contributed by atoms with E-state index in [0.717, 1.165) is 0 Å². The average Bonchev–Trinajstić information content (AvgIpc) is 2.97. The molecule has 156 valence electrons. The molecule has 11 heteroatoms. The van der Waals surface area contributed by atoms with Gasteiger partial charge in [-0.1, -0.05) is 18.2 Å². The van der Waals surface area contributed by atoms with Crippen molar-refractivity contribution in [1.29, 1.82) is 0 Å². The van der Waals surface area contributed by atoms with Crippen molar-refractivity contribution in [3.05, 3.63) is 29.8 Å². The van der Waals surface area contributed by atoms with E-state index in [-0.39, 0.29) is 48.7 Å². The predicted molar refractivity (Wildman–Crippen MR) is 101 cm³/mol. The molecule has 1 amide bonds. The van der Waals surface area contributed by atoms with Crippen LogP contribution < -0.4 is 20.7 Å². The molecule has 1 heterocycles. The van der Waals surface area contributed by atoms with Crippen molar-refractivity contribution < 1.29 is 26.7 Å². The summed E-state index contributed by atoms with van der Waals surface area (Å²) in [7, 11) is -1.50. The zero-order valence-corrected chi connectivity index (χ0v) is 16.3.